The molecular formula is C9H5ClFN3O2. The summed E-state index contributed by atoms with van der Waals surface area (Å²) in [6, 6.07) is 3.36. The van der Waals surface area contributed by atoms with Crippen molar-refractivity contribution in [3.8, 4) is 5.69 Å². The molecule has 0 radical (unpaired) electrons. The standard InChI is InChI=1S/C9H5ClFN3O2/c10-9-4-13(5-12-9)8-2-1-6(14(15)16)3-7(8)11/h1-5H. The summed E-state index contributed by atoms with van der Waals surface area (Å²) < 4.78 is 14.9. The lowest BCUT2D eigenvalue weighted by Crippen LogP contribution is -1.96. The second-order valence-electron chi connectivity index (χ2n) is 3.00. The molecule has 0 spiro atoms. The van der Waals surface area contributed by atoms with Crippen LogP contribution >= 0.6 is 11.6 Å². The Labute approximate surface area is 94.2 Å². The third-order valence-electron chi connectivity index (χ3n) is 1.97. The maximum Gasteiger partial charge on any atom is 0.272 e. The van der Waals surface area contributed by atoms with Gasteiger partial charge < -0.3 is 4.57 Å². The van der Waals surface area contributed by atoms with Crippen molar-refractivity contribution in [1.82, 2.24) is 9.55 Å². The minimum Gasteiger partial charge on any atom is -0.302 e. The largest absolute Gasteiger partial charge is 0.302 e. The Kier molecular flexibility index (Phi) is 2.57. The Morgan fingerprint density at radius 3 is 2.75 bits per heavy atom. The van der Waals surface area contributed by atoms with Crippen LogP contribution in [0.1, 0.15) is 0 Å². The van der Waals surface area contributed by atoms with Crippen LogP contribution < -0.4 is 0 Å². The number of rotatable bonds is 2. The Balaban J connectivity index is 2.47. The molecule has 1 aromatic carbocycles. The zero-order chi connectivity index (χ0) is 11.7. The van der Waals surface area contributed by atoms with E-state index in [2.05, 4.69) is 4.98 Å². The third kappa shape index (κ3) is 1.87. The average molecular weight is 242 g/mol. The van der Waals surface area contributed by atoms with E-state index in [-0.39, 0.29) is 16.5 Å². The second-order valence-corrected chi connectivity index (χ2v) is 3.38. The summed E-state index contributed by atoms with van der Waals surface area (Å²) in [7, 11) is 0. The van der Waals surface area contributed by atoms with Gasteiger partial charge in [0.1, 0.15) is 11.5 Å². The van der Waals surface area contributed by atoms with Crippen LogP contribution in [0.3, 0.4) is 0 Å². The maximum atomic E-state index is 13.5. The summed E-state index contributed by atoms with van der Waals surface area (Å²) in [4.78, 5) is 13.5. The van der Waals surface area contributed by atoms with Crippen LogP contribution in [0, 0.1) is 15.9 Å². The molecule has 0 aliphatic carbocycles. The van der Waals surface area contributed by atoms with Crippen molar-refractivity contribution in [1.29, 1.82) is 0 Å². The number of imidazole rings is 1. The van der Waals surface area contributed by atoms with Crippen LogP contribution in [0.25, 0.3) is 5.69 Å². The van der Waals surface area contributed by atoms with Gasteiger partial charge in [-0.05, 0) is 6.07 Å². The molecule has 7 heteroatoms. The van der Waals surface area contributed by atoms with Crippen molar-refractivity contribution < 1.29 is 9.31 Å². The van der Waals surface area contributed by atoms with Gasteiger partial charge in [-0.3, -0.25) is 10.1 Å². The number of nitro groups is 1. The quantitative estimate of drug-likeness (QED) is 0.600. The van der Waals surface area contributed by atoms with E-state index in [1.807, 2.05) is 0 Å². The van der Waals surface area contributed by atoms with Gasteiger partial charge in [-0.1, -0.05) is 11.6 Å². The molecule has 1 aromatic heterocycles. The van der Waals surface area contributed by atoms with Crippen LogP contribution in [-0.4, -0.2) is 14.5 Å². The van der Waals surface area contributed by atoms with Gasteiger partial charge in [-0.15, -0.1) is 0 Å². The number of hydrogen-bond acceptors (Lipinski definition) is 3. The number of aromatic nitrogens is 2. The number of nitro benzene ring substituents is 1. The average Bonchev–Trinajstić information content (AvgIpc) is 2.64. The van der Waals surface area contributed by atoms with Gasteiger partial charge in [-0.25, -0.2) is 9.37 Å². The lowest BCUT2D eigenvalue weighted by molar-refractivity contribution is -0.385. The molecule has 0 bridgehead atoms. The first-order chi connectivity index (χ1) is 7.58. The lowest BCUT2D eigenvalue weighted by atomic mass is 10.2. The molecule has 0 atom stereocenters. The monoisotopic (exact) mass is 241 g/mol. The molecule has 0 aliphatic rings. The summed E-state index contributed by atoms with van der Waals surface area (Å²) >= 11 is 5.58. The molecule has 16 heavy (non-hydrogen) atoms. The predicted octanol–water partition coefficient (Wildman–Crippen LogP) is 2.57. The highest BCUT2D eigenvalue weighted by atomic mass is 35.5. The molecule has 82 valence electrons. The molecule has 1 heterocycles. The van der Waals surface area contributed by atoms with Crippen molar-refractivity contribution in [2.24, 2.45) is 0 Å². The normalized spacial score (nSPS) is 10.4. The van der Waals surface area contributed by atoms with Crippen molar-refractivity contribution in [3.63, 3.8) is 0 Å². The van der Waals surface area contributed by atoms with Gasteiger partial charge in [0.25, 0.3) is 5.69 Å². The fourth-order valence-corrected chi connectivity index (χ4v) is 1.40. The highest BCUT2D eigenvalue weighted by Gasteiger charge is 2.11. The van der Waals surface area contributed by atoms with Crippen LogP contribution in [0.2, 0.25) is 5.15 Å². The lowest BCUT2D eigenvalue weighted by Gasteiger charge is -2.02. The minimum absolute atomic E-state index is 0.157. The van der Waals surface area contributed by atoms with Gasteiger partial charge in [0.15, 0.2) is 5.82 Å². The molecule has 0 aliphatic heterocycles. The molecular weight excluding hydrogens is 237 g/mol. The van der Waals surface area contributed by atoms with Crippen molar-refractivity contribution in [2.45, 2.75) is 0 Å². The first-order valence-electron chi connectivity index (χ1n) is 4.22. The van der Waals surface area contributed by atoms with Gasteiger partial charge in [-0.2, -0.15) is 0 Å². The highest BCUT2D eigenvalue weighted by molar-refractivity contribution is 6.29. The van der Waals surface area contributed by atoms with Crippen LogP contribution in [0.15, 0.2) is 30.7 Å². The topological polar surface area (TPSA) is 61.0 Å². The Morgan fingerprint density at radius 1 is 1.50 bits per heavy atom. The molecule has 0 N–H and O–H groups in total. The first kappa shape index (κ1) is 10.6. The summed E-state index contributed by atoms with van der Waals surface area (Å²) in [6.45, 7) is 0. The number of non-ortho nitro benzene ring substituents is 1. The smallest absolute Gasteiger partial charge is 0.272 e. The molecule has 5 nitrogen and oxygen atoms in total. The van der Waals surface area contributed by atoms with Crippen LogP contribution in [-0.2, 0) is 0 Å². The van der Waals surface area contributed by atoms with Crippen LogP contribution in [0.5, 0.6) is 0 Å². The molecule has 0 saturated heterocycles. The molecule has 0 unspecified atom stereocenters. The van der Waals surface area contributed by atoms with E-state index in [1.165, 1.54) is 29.2 Å². The molecule has 0 fully saturated rings. The van der Waals surface area contributed by atoms with E-state index in [0.29, 0.717) is 0 Å². The van der Waals surface area contributed by atoms with Gasteiger partial charge in [0.2, 0.25) is 0 Å². The molecule has 0 amide bonds. The zero-order valence-corrected chi connectivity index (χ0v) is 8.56. The Hall–Kier alpha value is -1.95. The van der Waals surface area contributed by atoms with E-state index in [4.69, 9.17) is 11.6 Å². The van der Waals surface area contributed by atoms with E-state index in [9.17, 15) is 14.5 Å². The van der Waals surface area contributed by atoms with Crippen molar-refractivity contribution in [2.75, 3.05) is 0 Å². The summed E-state index contributed by atoms with van der Waals surface area (Å²) in [6.07, 6.45) is 2.73. The Bertz CT molecular complexity index is 555. The fraction of sp³-hybridized carbons (Fsp3) is 0. The van der Waals surface area contributed by atoms with Crippen molar-refractivity contribution in [3.05, 3.63) is 51.8 Å². The Morgan fingerprint density at radius 2 is 2.25 bits per heavy atom. The molecule has 2 aromatic rings. The van der Waals surface area contributed by atoms with E-state index >= 15 is 0 Å². The molecule has 0 saturated carbocycles. The zero-order valence-electron chi connectivity index (χ0n) is 7.80. The number of benzene rings is 1. The first-order valence-corrected chi connectivity index (χ1v) is 4.59. The fourth-order valence-electron chi connectivity index (χ4n) is 1.25. The van der Waals surface area contributed by atoms with Crippen molar-refractivity contribution >= 4 is 17.3 Å². The SMILES string of the molecule is O=[N+]([O-])c1ccc(-n2cnc(Cl)c2)c(F)c1. The minimum atomic E-state index is -0.705. The summed E-state index contributed by atoms with van der Waals surface area (Å²) in [5, 5.41) is 10.6. The van der Waals surface area contributed by atoms with E-state index < -0.39 is 10.7 Å². The van der Waals surface area contributed by atoms with E-state index in [1.54, 1.807) is 0 Å². The number of halogens is 2. The maximum absolute atomic E-state index is 13.5. The summed E-state index contributed by atoms with van der Waals surface area (Å²) in [5.41, 5.74) is -0.141. The molecule has 2 rings (SSSR count). The third-order valence-corrected chi connectivity index (χ3v) is 2.17. The predicted molar refractivity (Wildman–Crippen MR) is 55.2 cm³/mol. The van der Waals surface area contributed by atoms with E-state index in [0.717, 1.165) is 6.07 Å². The summed E-state index contributed by atoms with van der Waals surface area (Å²) in [5.74, 6) is -0.705. The number of hydrogen-bond donors (Lipinski definition) is 0. The van der Waals surface area contributed by atoms with Crippen LogP contribution in [0.4, 0.5) is 10.1 Å². The van der Waals surface area contributed by atoms with Gasteiger partial charge in [0.05, 0.1) is 16.7 Å². The second kappa shape index (κ2) is 3.90. The number of nitrogens with zero attached hydrogens (tertiary/aromatic N) is 3. The van der Waals surface area contributed by atoms with Gasteiger partial charge >= 0.3 is 0 Å². The van der Waals surface area contributed by atoms with Gasteiger partial charge in [0, 0.05) is 12.3 Å². The highest BCUT2D eigenvalue weighted by Crippen LogP contribution is 2.20.